The Kier molecular flexibility index (Phi) is 9.34. The van der Waals surface area contributed by atoms with Crippen LogP contribution in [0.3, 0.4) is 0 Å². The average Bonchev–Trinajstić information content (AvgIpc) is 2.53. The van der Waals surface area contributed by atoms with Crippen LogP contribution in [0.4, 0.5) is 0 Å². The molecule has 0 radical (unpaired) electrons. The number of rotatable bonds is 6. The van der Waals surface area contributed by atoms with E-state index in [0.29, 0.717) is 17.1 Å². The smallest absolute Gasteiger partial charge is 0.538 e. The zero-order valence-electron chi connectivity index (χ0n) is 15.3. The topological polar surface area (TPSA) is 66.7 Å². The fraction of sp³-hybridized carbons (Fsp3) is 0.278. The Morgan fingerprint density at radius 3 is 2.12 bits per heavy atom. The number of ether oxygens (including phenoxy) is 2. The van der Waals surface area contributed by atoms with Crippen molar-refractivity contribution < 1.29 is 37.4 Å². The second-order valence-corrected chi connectivity index (χ2v) is 6.78. The van der Waals surface area contributed by atoms with Crippen molar-refractivity contribution in [1.29, 1.82) is 0 Å². The molecule has 0 heterocycles. The molecule has 2 rings (SSSR count). The molecule has 0 fully saturated rings. The molecular weight excluding hydrogens is 392 g/mol. The van der Waals surface area contributed by atoms with Gasteiger partial charge in [-0.3, -0.25) is 0 Å². The van der Waals surface area contributed by atoms with Crippen LogP contribution in [-0.4, -0.2) is 22.6 Å². The Bertz CT molecular complexity index is 776. The minimum atomic E-state index is -3.74. The Morgan fingerprint density at radius 2 is 1.60 bits per heavy atom. The third-order valence-corrected chi connectivity index (χ3v) is 4.96. The molecule has 0 aliphatic heterocycles. The Hall–Kier alpha value is -1.43. The Labute approximate surface area is 163 Å². The van der Waals surface area contributed by atoms with Crippen molar-refractivity contribution in [1.82, 2.24) is 0 Å². The van der Waals surface area contributed by atoms with Crippen LogP contribution in [0.5, 0.6) is 11.5 Å². The molecule has 0 saturated heterocycles. The van der Waals surface area contributed by atoms with Gasteiger partial charge in [0, 0.05) is 4.90 Å². The van der Waals surface area contributed by atoms with Gasteiger partial charge in [0.15, 0.2) is 11.5 Å². The molecule has 0 aliphatic rings. The van der Waals surface area contributed by atoms with Gasteiger partial charge in [-0.2, -0.15) is 0 Å². The molecular formula is C18H23NO4SZn. The molecule has 0 N–H and O–H groups in total. The molecule has 0 unspecified atom stereocenters. The van der Waals surface area contributed by atoms with Gasteiger partial charge in [0.05, 0.1) is 14.2 Å². The van der Waals surface area contributed by atoms with E-state index in [-0.39, 0.29) is 31.8 Å². The van der Waals surface area contributed by atoms with Gasteiger partial charge in [-0.15, -0.1) is 0 Å². The molecule has 0 bridgehead atoms. The van der Waals surface area contributed by atoms with Crippen LogP contribution in [0, 0.1) is 14.4 Å². The van der Waals surface area contributed by atoms with Gasteiger partial charge in [-0.05, 0) is 30.7 Å². The predicted octanol–water partition coefficient (Wildman–Crippen LogP) is 4.28. The van der Waals surface area contributed by atoms with Crippen LogP contribution in [0.15, 0.2) is 47.4 Å². The van der Waals surface area contributed by atoms with Crippen molar-refractivity contribution in [3.05, 3.63) is 65.7 Å². The molecule has 0 aromatic heterocycles. The predicted molar refractivity (Wildman–Crippen MR) is 96.1 cm³/mol. The van der Waals surface area contributed by atoms with E-state index in [1.165, 1.54) is 14.2 Å². The molecule has 0 amide bonds. The number of hydrogen-bond donors (Lipinski definition) is 0. The first-order valence-corrected chi connectivity index (χ1v) is 8.57. The van der Waals surface area contributed by atoms with Crippen molar-refractivity contribution in [2.45, 2.75) is 24.8 Å². The SMILES string of the molecule is COc1cccc([C@H](C)[N-]S(=O)(=O)c2ccc(C)cc2)c1OC.[CH3-].[Zn+2]. The number of para-hydroxylation sites is 1. The van der Waals surface area contributed by atoms with E-state index in [9.17, 15) is 8.42 Å². The number of aryl methyl sites for hydroxylation is 1. The van der Waals surface area contributed by atoms with Gasteiger partial charge < -0.3 is 21.6 Å². The fourth-order valence-electron chi connectivity index (χ4n) is 2.28. The van der Waals surface area contributed by atoms with E-state index in [2.05, 4.69) is 4.72 Å². The van der Waals surface area contributed by atoms with E-state index in [4.69, 9.17) is 9.47 Å². The monoisotopic (exact) mass is 413 g/mol. The van der Waals surface area contributed by atoms with Crippen LogP contribution < -0.4 is 9.47 Å². The number of methoxy groups -OCH3 is 2. The Morgan fingerprint density at radius 1 is 1.00 bits per heavy atom. The second kappa shape index (κ2) is 9.90. The van der Waals surface area contributed by atoms with Crippen LogP contribution in [0.2, 0.25) is 0 Å². The first kappa shape index (κ1) is 23.6. The zero-order chi connectivity index (χ0) is 17.0. The average molecular weight is 415 g/mol. The summed E-state index contributed by atoms with van der Waals surface area (Å²) < 4.78 is 39.5. The van der Waals surface area contributed by atoms with Gasteiger partial charge in [-0.1, -0.05) is 42.8 Å². The van der Waals surface area contributed by atoms with Crippen molar-refractivity contribution in [2.75, 3.05) is 14.2 Å². The summed E-state index contributed by atoms with van der Waals surface area (Å²) in [5.74, 6) is 1.03. The van der Waals surface area contributed by atoms with Gasteiger partial charge in [-0.25, -0.2) is 8.42 Å². The van der Waals surface area contributed by atoms with Crippen molar-refractivity contribution in [3.63, 3.8) is 0 Å². The number of hydrogen-bond acceptors (Lipinski definition) is 4. The number of benzene rings is 2. The number of sulfonamides is 1. The van der Waals surface area contributed by atoms with E-state index in [1.54, 1.807) is 49.4 Å². The summed E-state index contributed by atoms with van der Waals surface area (Å²) in [6.45, 7) is 3.61. The van der Waals surface area contributed by atoms with Gasteiger partial charge >= 0.3 is 19.5 Å². The summed E-state index contributed by atoms with van der Waals surface area (Å²) in [4.78, 5) is 0.178. The third-order valence-electron chi connectivity index (χ3n) is 3.50. The molecule has 5 nitrogen and oxygen atoms in total. The van der Waals surface area contributed by atoms with E-state index < -0.39 is 16.1 Å². The zero-order valence-corrected chi connectivity index (χ0v) is 19.1. The Balaban J connectivity index is 0.00000288. The minimum absolute atomic E-state index is 0. The first-order chi connectivity index (χ1) is 10.9. The molecule has 2 aromatic rings. The fourth-order valence-corrected chi connectivity index (χ4v) is 3.41. The van der Waals surface area contributed by atoms with Crippen LogP contribution in [-0.2, 0) is 29.5 Å². The summed E-state index contributed by atoms with van der Waals surface area (Å²) >= 11 is 0. The van der Waals surface area contributed by atoms with Gasteiger partial charge in [0.1, 0.15) is 10.0 Å². The quantitative estimate of drug-likeness (QED) is 0.522. The summed E-state index contributed by atoms with van der Waals surface area (Å²) in [5, 5.41) is 0. The first-order valence-electron chi connectivity index (χ1n) is 7.13. The summed E-state index contributed by atoms with van der Waals surface area (Å²) in [5.41, 5.74) is 1.65. The molecule has 0 spiro atoms. The molecule has 0 saturated carbocycles. The third kappa shape index (κ3) is 5.53. The largest absolute Gasteiger partial charge is 2.00 e. The summed E-state index contributed by atoms with van der Waals surface area (Å²) in [7, 11) is -0.690. The maximum Gasteiger partial charge on any atom is 2.00 e. The number of nitrogens with zero attached hydrogens (tertiary/aromatic N) is 1. The van der Waals surface area contributed by atoms with Crippen molar-refractivity contribution in [3.8, 4) is 11.5 Å². The van der Waals surface area contributed by atoms with E-state index >= 15 is 0 Å². The van der Waals surface area contributed by atoms with Crippen LogP contribution in [0.1, 0.15) is 24.1 Å². The normalized spacial score (nSPS) is 11.7. The molecule has 0 aliphatic carbocycles. The maximum atomic E-state index is 12.4. The van der Waals surface area contributed by atoms with E-state index in [0.717, 1.165) is 5.56 Å². The molecule has 132 valence electrons. The van der Waals surface area contributed by atoms with Crippen molar-refractivity contribution in [2.24, 2.45) is 0 Å². The molecule has 1 atom stereocenters. The van der Waals surface area contributed by atoms with E-state index in [1.807, 2.05) is 6.92 Å². The van der Waals surface area contributed by atoms with Crippen molar-refractivity contribution >= 4 is 10.0 Å². The summed E-state index contributed by atoms with van der Waals surface area (Å²) in [6, 6.07) is 11.3. The molecule has 7 heteroatoms. The van der Waals surface area contributed by atoms with Crippen LogP contribution in [0.25, 0.3) is 4.72 Å². The minimum Gasteiger partial charge on any atom is -0.538 e. The van der Waals surface area contributed by atoms with Gasteiger partial charge in [0.2, 0.25) is 0 Å². The molecule has 25 heavy (non-hydrogen) atoms. The maximum absolute atomic E-state index is 12.4. The second-order valence-electron chi connectivity index (χ2n) is 5.15. The molecule has 2 aromatic carbocycles. The van der Waals surface area contributed by atoms with Crippen LogP contribution >= 0.6 is 0 Å². The summed E-state index contributed by atoms with van der Waals surface area (Å²) in [6.07, 6.45) is 0. The van der Waals surface area contributed by atoms with Gasteiger partial charge in [0.25, 0.3) is 0 Å². The standard InChI is InChI=1S/C17H20NO4S.CH3.Zn/c1-12-8-10-14(11-9-12)23(19,20)18-13(2)15-6-5-7-16(21-3)17(15)22-4;;/h5-11,13H,1-4H3;1H3;/q2*-1;+2/t13-;;/m0../s1.